The van der Waals surface area contributed by atoms with Crippen molar-refractivity contribution < 1.29 is 14.3 Å². The van der Waals surface area contributed by atoms with Crippen LogP contribution in [0.1, 0.15) is 49.5 Å². The van der Waals surface area contributed by atoms with Crippen molar-refractivity contribution in [2.24, 2.45) is 0 Å². The van der Waals surface area contributed by atoms with Crippen LogP contribution in [0.25, 0.3) is 0 Å². The number of amides is 2. The van der Waals surface area contributed by atoms with Gasteiger partial charge >= 0.3 is 132 Å². The number of benzene rings is 1. The summed E-state index contributed by atoms with van der Waals surface area (Å²) in [5.74, 6) is -0.0751. The molecule has 1 heterocycles. The molecule has 2 rings (SSSR count). The van der Waals surface area contributed by atoms with Crippen molar-refractivity contribution in [3.63, 3.8) is 0 Å². The third kappa shape index (κ3) is 5.55. The van der Waals surface area contributed by atoms with Crippen molar-refractivity contribution in [2.75, 3.05) is 13.1 Å². The van der Waals surface area contributed by atoms with Crippen LogP contribution in [0.5, 0.6) is 0 Å². The van der Waals surface area contributed by atoms with Crippen molar-refractivity contribution in [1.29, 1.82) is 0 Å². The number of nitrogens with one attached hydrogen (secondary N) is 1. The molecule has 2 atom stereocenters. The van der Waals surface area contributed by atoms with E-state index in [0.29, 0.717) is 18.7 Å². The summed E-state index contributed by atoms with van der Waals surface area (Å²) in [7, 11) is 0. The second-order valence-corrected chi connectivity index (χ2v) is 8.00. The number of hydrogen-bond acceptors (Lipinski definition) is 3. The summed E-state index contributed by atoms with van der Waals surface area (Å²) >= 11 is 1.62. The van der Waals surface area contributed by atoms with E-state index in [-0.39, 0.29) is 18.0 Å². The molecule has 6 heteroatoms. The monoisotopic (exact) mass is 394 g/mol. The van der Waals surface area contributed by atoms with Crippen LogP contribution in [0, 0.1) is 0 Å². The number of rotatable bonds is 3. The maximum atomic E-state index is 12.4. The van der Waals surface area contributed by atoms with E-state index < -0.39 is 5.60 Å². The fourth-order valence-electron chi connectivity index (χ4n) is 2.70. The first kappa shape index (κ1) is 18.9. The normalized spacial score (nSPS) is 18.2. The summed E-state index contributed by atoms with van der Waals surface area (Å²) in [4.78, 5) is 26.3. The number of ether oxygens (including phenoxy) is 1. The van der Waals surface area contributed by atoms with E-state index in [4.69, 9.17) is 4.74 Å². The molecule has 1 aliphatic heterocycles. The number of carbonyl (C=O) groups excluding carboxylic acids is 2. The summed E-state index contributed by atoms with van der Waals surface area (Å²) in [6, 6.07) is 7.68. The molecule has 0 spiro atoms. The van der Waals surface area contributed by atoms with Crippen molar-refractivity contribution in [3.8, 4) is 0 Å². The van der Waals surface area contributed by atoms with Crippen LogP contribution in [-0.4, -0.2) is 58.5 Å². The molecule has 5 nitrogen and oxygen atoms in total. The van der Waals surface area contributed by atoms with E-state index in [9.17, 15) is 9.59 Å². The summed E-state index contributed by atoms with van der Waals surface area (Å²) < 4.78 is 5.42. The Bertz CT molecular complexity index is 598. The number of likely N-dealkylation sites (tertiary alicyclic amines) is 1. The molecule has 1 aliphatic rings. The van der Waals surface area contributed by atoms with E-state index in [1.54, 1.807) is 21.8 Å². The summed E-state index contributed by atoms with van der Waals surface area (Å²) in [5, 5.41) is 4.01. The third-order valence-electron chi connectivity index (χ3n) is 3.83. The Morgan fingerprint density at radius 2 is 2.12 bits per heavy atom. The van der Waals surface area contributed by atoms with Gasteiger partial charge < -0.3 is 0 Å². The molecule has 0 saturated carbocycles. The molecule has 0 aromatic heterocycles. The first-order chi connectivity index (χ1) is 11.3. The molecule has 24 heavy (non-hydrogen) atoms. The number of hydrogen-bond donors (Lipinski definition) is 1. The zero-order valence-corrected chi connectivity index (χ0v) is 17.1. The van der Waals surface area contributed by atoms with Crippen molar-refractivity contribution in [1.82, 2.24) is 10.2 Å². The van der Waals surface area contributed by atoms with Gasteiger partial charge in [-0.25, -0.2) is 0 Å². The minimum absolute atomic E-state index is 0.0340. The Hall–Kier alpha value is -1.48. The molecule has 132 valence electrons. The SMILES string of the molecule is CC(C)(C)OC(=O)N1CCC[C@H](NC(=O)c2cccc(C[AsH2])c2)C1. The van der Waals surface area contributed by atoms with Gasteiger partial charge in [-0.15, -0.1) is 0 Å². The van der Waals surface area contributed by atoms with Gasteiger partial charge in [0.25, 0.3) is 0 Å². The molecule has 0 aliphatic carbocycles. The van der Waals surface area contributed by atoms with Gasteiger partial charge in [0.2, 0.25) is 0 Å². The van der Waals surface area contributed by atoms with Gasteiger partial charge in [0, 0.05) is 0 Å². The van der Waals surface area contributed by atoms with Crippen molar-refractivity contribution in [2.45, 2.75) is 50.5 Å². The standard InChI is InChI=1S/C18H27AsN2O3/c1-18(2,3)24-17(23)21-9-5-8-15(12-21)20-16(22)14-7-4-6-13(10-14)11-19/h4,6-7,10,15H,5,8-9,11-12,19H2,1-3H3,(H,20,22)/t15-/m0/s1. The van der Waals surface area contributed by atoms with Crippen LogP contribution < -0.4 is 5.32 Å². The predicted molar refractivity (Wildman–Crippen MR) is 97.0 cm³/mol. The van der Waals surface area contributed by atoms with Crippen LogP contribution in [-0.2, 0) is 9.95 Å². The molecule has 0 radical (unpaired) electrons. The average Bonchev–Trinajstić information content (AvgIpc) is 2.53. The van der Waals surface area contributed by atoms with E-state index in [1.165, 1.54) is 5.56 Å². The van der Waals surface area contributed by atoms with E-state index in [2.05, 4.69) is 5.32 Å². The average molecular weight is 394 g/mol. The van der Waals surface area contributed by atoms with Gasteiger partial charge in [0.1, 0.15) is 0 Å². The predicted octanol–water partition coefficient (Wildman–Crippen LogP) is 1.95. The van der Waals surface area contributed by atoms with Crippen LogP contribution in [0.15, 0.2) is 24.3 Å². The van der Waals surface area contributed by atoms with Gasteiger partial charge in [-0.3, -0.25) is 0 Å². The number of carbonyl (C=O) groups is 2. The zero-order valence-electron chi connectivity index (χ0n) is 14.7. The molecule has 1 fully saturated rings. The van der Waals surface area contributed by atoms with Gasteiger partial charge in [0.15, 0.2) is 0 Å². The van der Waals surface area contributed by atoms with Crippen LogP contribution in [0.2, 0.25) is 0 Å². The molecule has 0 bridgehead atoms. The number of piperidine rings is 1. The Morgan fingerprint density at radius 3 is 2.79 bits per heavy atom. The maximum absolute atomic E-state index is 12.4. The third-order valence-corrected chi connectivity index (χ3v) is 4.82. The Balaban J connectivity index is 1.94. The van der Waals surface area contributed by atoms with Gasteiger partial charge in [-0.05, 0) is 20.8 Å². The van der Waals surface area contributed by atoms with E-state index >= 15 is 0 Å². The second-order valence-electron chi connectivity index (χ2n) is 7.14. The van der Waals surface area contributed by atoms with Crippen LogP contribution in [0.4, 0.5) is 4.79 Å². The van der Waals surface area contributed by atoms with Crippen LogP contribution in [0.3, 0.4) is 0 Å². The van der Waals surface area contributed by atoms with E-state index in [1.807, 2.05) is 45.0 Å². The fraction of sp³-hybridized carbons (Fsp3) is 0.556. The quantitative estimate of drug-likeness (QED) is 0.798. The van der Waals surface area contributed by atoms with E-state index in [0.717, 1.165) is 18.1 Å². The Morgan fingerprint density at radius 1 is 1.38 bits per heavy atom. The molecule has 1 aromatic rings. The van der Waals surface area contributed by atoms with Crippen molar-refractivity contribution >= 4 is 28.9 Å². The summed E-state index contributed by atoms with van der Waals surface area (Å²) in [6.45, 7) is 6.74. The summed E-state index contributed by atoms with van der Waals surface area (Å²) in [5.41, 5.74) is 1.34. The molecule has 1 N–H and O–H groups in total. The molecule has 2 amide bonds. The first-order valence-corrected chi connectivity index (χ1v) is 10.1. The fourth-order valence-corrected chi connectivity index (χ4v) is 3.23. The molecule has 1 saturated heterocycles. The second kappa shape index (κ2) is 8.06. The zero-order chi connectivity index (χ0) is 17.7. The van der Waals surface area contributed by atoms with Gasteiger partial charge in [0.05, 0.1) is 0 Å². The summed E-state index contributed by atoms with van der Waals surface area (Å²) in [6.07, 6.45) is 1.43. The molecule has 1 unspecified atom stereocenters. The molecular formula is C18H27AsN2O3. The van der Waals surface area contributed by atoms with Crippen molar-refractivity contribution in [3.05, 3.63) is 35.4 Å². The van der Waals surface area contributed by atoms with Gasteiger partial charge in [-0.1, -0.05) is 0 Å². The Kier molecular flexibility index (Phi) is 6.33. The molecular weight excluding hydrogens is 367 g/mol. The molecule has 1 aromatic carbocycles. The first-order valence-electron chi connectivity index (χ1n) is 8.36. The topological polar surface area (TPSA) is 58.6 Å². The number of nitrogens with zero attached hydrogens (tertiary/aromatic N) is 1. The van der Waals surface area contributed by atoms with Gasteiger partial charge in [-0.2, -0.15) is 0 Å². The Labute approximate surface area is 152 Å². The van der Waals surface area contributed by atoms with Crippen LogP contribution >= 0.6 is 0 Å². The minimum atomic E-state index is -0.505.